The highest BCUT2D eigenvalue weighted by Gasteiger charge is 2.34. The standard InChI is InChI=1S/C15H14F5N7/c16-13(17)14-22-21-11-3-4-12(24-27(11)14)25-6-1-2-9(8-25)26-7-5-10(23-26)15(18,19)20/h3-5,7,9,13H,1-2,6,8H2. The Hall–Kier alpha value is -2.79. The topological polar surface area (TPSA) is 64.1 Å². The van der Waals surface area contributed by atoms with Gasteiger partial charge in [-0.2, -0.15) is 22.8 Å². The maximum atomic E-state index is 13.0. The molecule has 1 aliphatic heterocycles. The molecule has 0 bridgehead atoms. The summed E-state index contributed by atoms with van der Waals surface area (Å²) in [5.74, 6) is -0.126. The second-order valence-electron chi connectivity index (χ2n) is 6.24. The van der Waals surface area contributed by atoms with Crippen LogP contribution in [0.1, 0.15) is 36.8 Å². The molecule has 7 nitrogen and oxygen atoms in total. The van der Waals surface area contributed by atoms with E-state index in [1.54, 1.807) is 6.07 Å². The van der Waals surface area contributed by atoms with Crippen LogP contribution in [0.3, 0.4) is 0 Å². The lowest BCUT2D eigenvalue weighted by Gasteiger charge is -2.33. The predicted molar refractivity (Wildman–Crippen MR) is 83.5 cm³/mol. The summed E-state index contributed by atoms with van der Waals surface area (Å²) < 4.78 is 66.6. The predicted octanol–water partition coefficient (Wildman–Crippen LogP) is 3.12. The van der Waals surface area contributed by atoms with E-state index in [1.165, 1.54) is 16.9 Å². The highest BCUT2D eigenvalue weighted by atomic mass is 19.4. The third kappa shape index (κ3) is 3.30. The fourth-order valence-electron chi connectivity index (χ4n) is 3.17. The van der Waals surface area contributed by atoms with Crippen LogP contribution in [0, 0.1) is 0 Å². The van der Waals surface area contributed by atoms with E-state index in [2.05, 4.69) is 20.4 Å². The van der Waals surface area contributed by atoms with Gasteiger partial charge in [-0.25, -0.2) is 8.78 Å². The monoisotopic (exact) mass is 387 g/mol. The van der Waals surface area contributed by atoms with E-state index < -0.39 is 24.1 Å². The number of fused-ring (bicyclic) bond motifs is 1. The maximum Gasteiger partial charge on any atom is 0.435 e. The van der Waals surface area contributed by atoms with Crippen LogP contribution < -0.4 is 4.90 Å². The number of alkyl halides is 5. The normalized spacial score (nSPS) is 18.6. The highest BCUT2D eigenvalue weighted by Crippen LogP contribution is 2.30. The SMILES string of the molecule is FC(F)c1nnc2ccc(N3CCCC(n4ccc(C(F)(F)F)n4)C3)nn12. The highest BCUT2D eigenvalue weighted by molar-refractivity contribution is 5.46. The van der Waals surface area contributed by atoms with Crippen molar-refractivity contribution < 1.29 is 22.0 Å². The Kier molecular flexibility index (Phi) is 4.19. The van der Waals surface area contributed by atoms with E-state index in [4.69, 9.17) is 0 Å². The van der Waals surface area contributed by atoms with E-state index in [0.717, 1.165) is 10.6 Å². The van der Waals surface area contributed by atoms with Crippen LogP contribution in [0.5, 0.6) is 0 Å². The Morgan fingerprint density at radius 1 is 1.07 bits per heavy atom. The molecule has 1 atom stereocenters. The van der Waals surface area contributed by atoms with Gasteiger partial charge in [0.05, 0.1) is 6.04 Å². The molecule has 4 heterocycles. The third-order valence-corrected chi connectivity index (χ3v) is 4.46. The van der Waals surface area contributed by atoms with Crippen molar-refractivity contribution in [2.45, 2.75) is 31.5 Å². The van der Waals surface area contributed by atoms with Crippen molar-refractivity contribution in [3.63, 3.8) is 0 Å². The number of hydrogen-bond donors (Lipinski definition) is 0. The van der Waals surface area contributed by atoms with Gasteiger partial charge in [0.15, 0.2) is 11.3 Å². The summed E-state index contributed by atoms with van der Waals surface area (Å²) in [5.41, 5.74) is -0.741. The second kappa shape index (κ2) is 6.43. The second-order valence-corrected chi connectivity index (χ2v) is 6.24. The summed E-state index contributed by atoms with van der Waals surface area (Å²) >= 11 is 0. The first-order chi connectivity index (χ1) is 12.8. The molecule has 0 N–H and O–H groups in total. The Bertz CT molecular complexity index is 948. The van der Waals surface area contributed by atoms with Crippen molar-refractivity contribution in [3.8, 4) is 0 Å². The number of hydrogen-bond acceptors (Lipinski definition) is 5. The van der Waals surface area contributed by atoms with Gasteiger partial charge in [0, 0.05) is 19.3 Å². The van der Waals surface area contributed by atoms with Crippen LogP contribution in [-0.4, -0.2) is 42.7 Å². The van der Waals surface area contributed by atoms with Crippen molar-refractivity contribution in [1.82, 2.24) is 29.6 Å². The lowest BCUT2D eigenvalue weighted by atomic mass is 10.1. The molecule has 0 radical (unpaired) electrons. The van der Waals surface area contributed by atoms with E-state index in [1.807, 2.05) is 4.90 Å². The fraction of sp³-hybridized carbons (Fsp3) is 0.467. The average Bonchev–Trinajstić information content (AvgIpc) is 3.28. The number of aromatic nitrogens is 6. The van der Waals surface area contributed by atoms with Crippen molar-refractivity contribution >= 4 is 11.5 Å². The van der Waals surface area contributed by atoms with Crippen molar-refractivity contribution in [3.05, 3.63) is 35.9 Å². The fourth-order valence-corrected chi connectivity index (χ4v) is 3.17. The molecule has 12 heteroatoms. The summed E-state index contributed by atoms with van der Waals surface area (Å²) in [7, 11) is 0. The van der Waals surface area contributed by atoms with Crippen LogP contribution in [0.4, 0.5) is 27.8 Å². The van der Waals surface area contributed by atoms with Crippen molar-refractivity contribution in [1.29, 1.82) is 0 Å². The Labute approximate surface area is 149 Å². The molecule has 0 aliphatic carbocycles. The average molecular weight is 387 g/mol. The summed E-state index contributed by atoms with van der Waals surface area (Å²) in [6, 6.07) is 3.82. The Morgan fingerprint density at radius 3 is 2.59 bits per heavy atom. The van der Waals surface area contributed by atoms with Crippen LogP contribution in [0.25, 0.3) is 5.65 Å². The Balaban J connectivity index is 1.59. The first kappa shape index (κ1) is 17.6. The number of rotatable bonds is 3. The molecule has 1 saturated heterocycles. The largest absolute Gasteiger partial charge is 0.435 e. The minimum absolute atomic E-state index is 0.199. The maximum absolute atomic E-state index is 13.0. The van der Waals surface area contributed by atoms with Gasteiger partial charge in [-0.15, -0.1) is 15.3 Å². The molecule has 27 heavy (non-hydrogen) atoms. The van der Waals surface area contributed by atoms with Gasteiger partial charge in [-0.1, -0.05) is 0 Å². The molecule has 1 fully saturated rings. The van der Waals surface area contributed by atoms with Crippen LogP contribution in [-0.2, 0) is 6.18 Å². The van der Waals surface area contributed by atoms with Crippen LogP contribution in [0.15, 0.2) is 24.4 Å². The molecule has 144 valence electrons. The quantitative estimate of drug-likeness (QED) is 0.647. The molecular formula is C15H14F5N7. The Morgan fingerprint density at radius 2 is 1.89 bits per heavy atom. The summed E-state index contributed by atoms with van der Waals surface area (Å²) in [6.07, 6.45) is -4.64. The van der Waals surface area contributed by atoms with Crippen molar-refractivity contribution in [2.75, 3.05) is 18.0 Å². The molecule has 3 aromatic rings. The first-order valence-electron chi connectivity index (χ1n) is 8.21. The molecular weight excluding hydrogens is 373 g/mol. The van der Waals surface area contributed by atoms with Gasteiger partial charge >= 0.3 is 6.18 Å². The number of nitrogens with zero attached hydrogens (tertiary/aromatic N) is 7. The zero-order chi connectivity index (χ0) is 19.2. The van der Waals surface area contributed by atoms with Gasteiger partial charge in [0.2, 0.25) is 5.82 Å². The minimum atomic E-state index is -4.49. The van der Waals surface area contributed by atoms with E-state index in [9.17, 15) is 22.0 Å². The van der Waals surface area contributed by atoms with Crippen molar-refractivity contribution in [2.24, 2.45) is 0 Å². The molecule has 0 aromatic carbocycles. The summed E-state index contributed by atoms with van der Waals surface area (Å²) in [4.78, 5) is 1.83. The smallest absolute Gasteiger partial charge is 0.353 e. The van der Waals surface area contributed by atoms with E-state index >= 15 is 0 Å². The number of anilines is 1. The third-order valence-electron chi connectivity index (χ3n) is 4.46. The lowest BCUT2D eigenvalue weighted by molar-refractivity contribution is -0.141. The molecule has 0 saturated carbocycles. The lowest BCUT2D eigenvalue weighted by Crippen LogP contribution is -2.37. The summed E-state index contributed by atoms with van der Waals surface area (Å²) in [5, 5.41) is 14.9. The van der Waals surface area contributed by atoms with Crippen LogP contribution in [0.2, 0.25) is 0 Å². The van der Waals surface area contributed by atoms with Gasteiger partial charge in [-0.05, 0) is 31.0 Å². The molecule has 1 aliphatic rings. The molecule has 1 unspecified atom stereocenters. The van der Waals surface area contributed by atoms with Crippen LogP contribution >= 0.6 is 0 Å². The minimum Gasteiger partial charge on any atom is -0.353 e. The molecule has 0 spiro atoms. The number of halogens is 5. The van der Waals surface area contributed by atoms with Gasteiger partial charge < -0.3 is 4.90 Å². The first-order valence-corrected chi connectivity index (χ1v) is 8.21. The molecule has 0 amide bonds. The zero-order valence-electron chi connectivity index (χ0n) is 13.8. The van der Waals surface area contributed by atoms with Gasteiger partial charge in [-0.3, -0.25) is 4.68 Å². The van der Waals surface area contributed by atoms with E-state index in [-0.39, 0.29) is 11.7 Å². The molecule has 4 rings (SSSR count). The van der Waals surface area contributed by atoms with E-state index in [0.29, 0.717) is 31.7 Å². The zero-order valence-corrected chi connectivity index (χ0v) is 13.8. The van der Waals surface area contributed by atoms with Gasteiger partial charge in [0.1, 0.15) is 5.82 Å². The summed E-state index contributed by atoms with van der Waals surface area (Å²) in [6.45, 7) is 0.970. The molecule has 3 aromatic heterocycles. The van der Waals surface area contributed by atoms with Gasteiger partial charge in [0.25, 0.3) is 6.43 Å². The number of piperidine rings is 1.